The third-order valence-electron chi connectivity index (χ3n) is 4.03. The number of amidine groups is 1. The molecule has 3 amide bonds. The molecule has 0 bridgehead atoms. The molecule has 0 spiro atoms. The van der Waals surface area contributed by atoms with Gasteiger partial charge in [-0.25, -0.2) is 0 Å². The quantitative estimate of drug-likeness (QED) is 0.709. The van der Waals surface area contributed by atoms with E-state index < -0.39 is 0 Å². The van der Waals surface area contributed by atoms with Crippen LogP contribution in [0, 0.1) is 11.8 Å². The Balaban J connectivity index is 2.33. The van der Waals surface area contributed by atoms with Crippen LogP contribution < -0.4 is 5.32 Å². The number of likely N-dealkylation sites (N-methyl/N-ethyl adjacent to an activating group) is 1. The highest BCUT2D eigenvalue weighted by Gasteiger charge is 2.41. The van der Waals surface area contributed by atoms with Gasteiger partial charge in [-0.05, 0) is 18.9 Å². The summed E-state index contributed by atoms with van der Waals surface area (Å²) >= 11 is 0. The van der Waals surface area contributed by atoms with Gasteiger partial charge in [0, 0.05) is 38.8 Å². The van der Waals surface area contributed by atoms with Crippen molar-refractivity contribution in [2.24, 2.45) is 16.8 Å². The predicted molar refractivity (Wildman–Crippen MR) is 73.9 cm³/mol. The third kappa shape index (κ3) is 2.37. The zero-order valence-electron chi connectivity index (χ0n) is 12.0. The van der Waals surface area contributed by atoms with Crippen LogP contribution in [0.3, 0.4) is 0 Å². The number of hydrogen-bond donors (Lipinski definition) is 1. The molecule has 0 aromatic heterocycles. The fourth-order valence-corrected chi connectivity index (χ4v) is 2.99. The molecular formula is C14H19N3O3. The lowest BCUT2D eigenvalue weighted by Gasteiger charge is -2.37. The normalized spacial score (nSPS) is 31.9. The fourth-order valence-electron chi connectivity index (χ4n) is 2.99. The van der Waals surface area contributed by atoms with Gasteiger partial charge in [-0.1, -0.05) is 6.08 Å². The first kappa shape index (κ1) is 14.4. The highest BCUT2D eigenvalue weighted by molar-refractivity contribution is 6.11. The molecule has 2 unspecified atom stereocenters. The summed E-state index contributed by atoms with van der Waals surface area (Å²) in [5.41, 5.74) is 0.907. The van der Waals surface area contributed by atoms with Crippen molar-refractivity contribution >= 4 is 23.6 Å². The Labute approximate surface area is 117 Å². The van der Waals surface area contributed by atoms with E-state index in [-0.39, 0.29) is 36.0 Å². The number of imide groups is 1. The van der Waals surface area contributed by atoms with Crippen molar-refractivity contribution < 1.29 is 14.4 Å². The largest absolute Gasteiger partial charge is 0.300 e. The van der Waals surface area contributed by atoms with Crippen LogP contribution in [0.15, 0.2) is 16.6 Å². The van der Waals surface area contributed by atoms with Crippen molar-refractivity contribution in [2.45, 2.75) is 26.2 Å². The van der Waals surface area contributed by atoms with E-state index in [1.807, 2.05) is 13.0 Å². The Morgan fingerprint density at radius 3 is 2.55 bits per heavy atom. The number of hydrogen-bond acceptors (Lipinski definition) is 4. The summed E-state index contributed by atoms with van der Waals surface area (Å²) in [6, 6.07) is 0. The van der Waals surface area contributed by atoms with Gasteiger partial charge in [0.15, 0.2) is 0 Å². The third-order valence-corrected chi connectivity index (χ3v) is 4.03. The lowest BCUT2D eigenvalue weighted by Crippen LogP contribution is -2.50. The maximum atomic E-state index is 12.1. The molecule has 2 atom stereocenters. The number of amides is 3. The Kier molecular flexibility index (Phi) is 4.01. The molecule has 6 heteroatoms. The van der Waals surface area contributed by atoms with Crippen LogP contribution in [0.4, 0.5) is 0 Å². The molecule has 2 rings (SSSR count). The molecule has 1 N–H and O–H groups in total. The Morgan fingerprint density at radius 1 is 1.30 bits per heavy atom. The SMILES string of the molecule is CC=C1C(=NC)N(C)C(=O)CC1C1CCC(=O)NC1=O. The van der Waals surface area contributed by atoms with Crippen LogP contribution in [0.25, 0.3) is 0 Å². The first-order valence-corrected chi connectivity index (χ1v) is 6.73. The summed E-state index contributed by atoms with van der Waals surface area (Å²) < 4.78 is 0. The number of carbonyl (C=O) groups excluding carboxylic acids is 3. The van der Waals surface area contributed by atoms with Gasteiger partial charge in [0.05, 0.1) is 0 Å². The lowest BCUT2D eigenvalue weighted by atomic mass is 9.76. The highest BCUT2D eigenvalue weighted by atomic mass is 16.2. The molecular weight excluding hydrogens is 258 g/mol. The number of nitrogens with zero attached hydrogens (tertiary/aromatic N) is 2. The van der Waals surface area contributed by atoms with Gasteiger partial charge in [-0.3, -0.25) is 24.7 Å². The van der Waals surface area contributed by atoms with Gasteiger partial charge in [0.25, 0.3) is 0 Å². The average molecular weight is 277 g/mol. The van der Waals surface area contributed by atoms with Crippen LogP contribution in [-0.4, -0.2) is 42.6 Å². The number of carbonyl (C=O) groups is 3. The molecule has 2 aliphatic rings. The van der Waals surface area contributed by atoms with Crippen molar-refractivity contribution in [3.8, 4) is 0 Å². The van der Waals surface area contributed by atoms with Gasteiger partial charge in [-0.15, -0.1) is 0 Å². The van der Waals surface area contributed by atoms with Crippen molar-refractivity contribution in [1.29, 1.82) is 0 Å². The topological polar surface area (TPSA) is 78.8 Å². The zero-order chi connectivity index (χ0) is 14.9. The van der Waals surface area contributed by atoms with Crippen molar-refractivity contribution in [1.82, 2.24) is 10.2 Å². The van der Waals surface area contributed by atoms with E-state index in [2.05, 4.69) is 10.3 Å². The molecule has 6 nitrogen and oxygen atoms in total. The molecule has 2 saturated heterocycles. The van der Waals surface area contributed by atoms with E-state index in [0.29, 0.717) is 18.7 Å². The molecule has 2 aliphatic heterocycles. The summed E-state index contributed by atoms with van der Waals surface area (Å²) in [7, 11) is 3.32. The van der Waals surface area contributed by atoms with Gasteiger partial charge in [-0.2, -0.15) is 0 Å². The average Bonchev–Trinajstić information content (AvgIpc) is 2.41. The Morgan fingerprint density at radius 2 is 2.00 bits per heavy atom. The maximum absolute atomic E-state index is 12.1. The second kappa shape index (κ2) is 5.56. The van der Waals surface area contributed by atoms with Gasteiger partial charge in [0.2, 0.25) is 17.7 Å². The Bertz CT molecular complexity index is 522. The summed E-state index contributed by atoms with van der Waals surface area (Å²) in [6.45, 7) is 1.88. The molecule has 2 fully saturated rings. The number of likely N-dealkylation sites (tertiary alicyclic amines) is 1. The summed E-state index contributed by atoms with van der Waals surface area (Å²) in [5, 5.41) is 2.36. The minimum atomic E-state index is -0.340. The van der Waals surface area contributed by atoms with Gasteiger partial charge >= 0.3 is 0 Å². The fraction of sp³-hybridized carbons (Fsp3) is 0.571. The van der Waals surface area contributed by atoms with Crippen LogP contribution in [0.5, 0.6) is 0 Å². The van der Waals surface area contributed by atoms with Crippen LogP contribution >= 0.6 is 0 Å². The molecule has 108 valence electrons. The first-order valence-electron chi connectivity index (χ1n) is 6.73. The van der Waals surface area contributed by atoms with E-state index in [4.69, 9.17) is 0 Å². The molecule has 0 aromatic carbocycles. The standard InChI is InChI=1S/C14H19N3O3/c1-4-8-10(7-12(19)17(3)13(8)15-2)9-5-6-11(18)16-14(9)20/h4,9-10H,5-7H2,1-3H3,(H,16,18,20). The van der Waals surface area contributed by atoms with Crippen LogP contribution in [0.2, 0.25) is 0 Å². The monoisotopic (exact) mass is 277 g/mol. The van der Waals surface area contributed by atoms with Crippen molar-refractivity contribution in [2.75, 3.05) is 14.1 Å². The summed E-state index contributed by atoms with van der Waals surface area (Å²) in [5.74, 6) is -0.497. The highest BCUT2D eigenvalue weighted by Crippen LogP contribution is 2.35. The van der Waals surface area contributed by atoms with E-state index in [1.54, 1.807) is 14.1 Å². The number of nitrogens with one attached hydrogen (secondary N) is 1. The summed E-state index contributed by atoms with van der Waals surface area (Å²) in [4.78, 5) is 41.0. The van der Waals surface area contributed by atoms with E-state index >= 15 is 0 Å². The van der Waals surface area contributed by atoms with Crippen LogP contribution in [-0.2, 0) is 14.4 Å². The van der Waals surface area contributed by atoms with E-state index in [1.165, 1.54) is 4.90 Å². The second-order valence-electron chi connectivity index (χ2n) is 5.11. The number of aliphatic imine (C=N–C) groups is 1. The van der Waals surface area contributed by atoms with Gasteiger partial charge < -0.3 is 4.90 Å². The Hall–Kier alpha value is -1.98. The summed E-state index contributed by atoms with van der Waals surface area (Å²) in [6.07, 6.45) is 2.99. The van der Waals surface area contributed by atoms with E-state index in [9.17, 15) is 14.4 Å². The van der Waals surface area contributed by atoms with Crippen molar-refractivity contribution in [3.63, 3.8) is 0 Å². The molecule has 2 heterocycles. The van der Waals surface area contributed by atoms with Gasteiger partial charge in [0.1, 0.15) is 5.84 Å². The molecule has 0 aliphatic carbocycles. The molecule has 0 aromatic rings. The van der Waals surface area contributed by atoms with Crippen LogP contribution in [0.1, 0.15) is 26.2 Å². The molecule has 0 saturated carbocycles. The lowest BCUT2D eigenvalue weighted by molar-refractivity contribution is -0.138. The number of rotatable bonds is 1. The zero-order valence-corrected chi connectivity index (χ0v) is 12.0. The number of piperidine rings is 2. The minimum Gasteiger partial charge on any atom is -0.300 e. The second-order valence-corrected chi connectivity index (χ2v) is 5.11. The first-order chi connectivity index (χ1) is 9.49. The van der Waals surface area contributed by atoms with E-state index in [0.717, 1.165) is 5.57 Å². The predicted octanol–water partition coefficient (Wildman–Crippen LogP) is 0.492. The molecule has 20 heavy (non-hydrogen) atoms. The molecule has 0 radical (unpaired) electrons. The number of allylic oxidation sites excluding steroid dienone is 1. The minimum absolute atomic E-state index is 0.0501. The smallest absolute Gasteiger partial charge is 0.230 e. The van der Waals surface area contributed by atoms with Crippen molar-refractivity contribution in [3.05, 3.63) is 11.6 Å². The maximum Gasteiger partial charge on any atom is 0.230 e.